The Morgan fingerprint density at radius 3 is 2.68 bits per heavy atom. The van der Waals surface area contributed by atoms with Crippen molar-refractivity contribution in [2.45, 2.75) is 45.2 Å². The number of carbonyl (C=O) groups is 1. The number of aromatic nitrogens is 1. The molecule has 0 aliphatic carbocycles. The number of rotatable bonds is 3. The van der Waals surface area contributed by atoms with Gasteiger partial charge in [0.2, 0.25) is 5.91 Å². The molecule has 1 aromatic rings. The highest BCUT2D eigenvalue weighted by Crippen LogP contribution is 2.22. The summed E-state index contributed by atoms with van der Waals surface area (Å²) in [7, 11) is 0. The summed E-state index contributed by atoms with van der Waals surface area (Å²) < 4.78 is 12.7. The molecule has 4 nitrogen and oxygen atoms in total. The van der Waals surface area contributed by atoms with Gasteiger partial charge in [-0.15, -0.1) is 0 Å². The number of amides is 1. The molecule has 104 valence electrons. The highest BCUT2D eigenvalue weighted by atomic mass is 19.1. The van der Waals surface area contributed by atoms with Gasteiger partial charge in [-0.25, -0.2) is 9.37 Å². The third-order valence-electron chi connectivity index (χ3n) is 3.63. The van der Waals surface area contributed by atoms with E-state index in [1.165, 1.54) is 18.6 Å². The molecule has 2 heterocycles. The van der Waals surface area contributed by atoms with Gasteiger partial charge in [0.25, 0.3) is 0 Å². The largest absolute Gasteiger partial charge is 0.361 e. The fourth-order valence-electron chi connectivity index (χ4n) is 2.65. The van der Waals surface area contributed by atoms with Crippen LogP contribution in [0.2, 0.25) is 0 Å². The standard InChI is InChI=1S/C14H20FN3O/c1-10-4-3-5-11(2)18(10)14(19)9-17-13-7-6-12(15)8-16-13/h6-8,10-11H,3-5,9H2,1-2H3,(H,16,17)/t10-,11+. The minimum atomic E-state index is -0.379. The second-order valence-corrected chi connectivity index (χ2v) is 5.15. The van der Waals surface area contributed by atoms with E-state index < -0.39 is 0 Å². The van der Waals surface area contributed by atoms with Crippen LogP contribution in [0.4, 0.5) is 10.2 Å². The fourth-order valence-corrected chi connectivity index (χ4v) is 2.65. The molecule has 0 unspecified atom stereocenters. The summed E-state index contributed by atoms with van der Waals surface area (Å²) >= 11 is 0. The quantitative estimate of drug-likeness (QED) is 0.913. The SMILES string of the molecule is C[C@@H]1CCC[C@H](C)N1C(=O)CNc1ccc(F)cn1. The van der Waals surface area contributed by atoms with Gasteiger partial charge >= 0.3 is 0 Å². The lowest BCUT2D eigenvalue weighted by Gasteiger charge is -2.39. The third-order valence-corrected chi connectivity index (χ3v) is 3.63. The van der Waals surface area contributed by atoms with Crippen LogP contribution in [0, 0.1) is 5.82 Å². The monoisotopic (exact) mass is 265 g/mol. The van der Waals surface area contributed by atoms with E-state index in [0.717, 1.165) is 19.0 Å². The topological polar surface area (TPSA) is 45.2 Å². The summed E-state index contributed by atoms with van der Waals surface area (Å²) in [5.74, 6) is 0.216. The molecule has 1 aliphatic rings. The molecule has 0 saturated carbocycles. The summed E-state index contributed by atoms with van der Waals surface area (Å²) in [5.41, 5.74) is 0. The lowest BCUT2D eigenvalue weighted by Crippen LogP contribution is -2.49. The van der Waals surface area contributed by atoms with Gasteiger partial charge in [-0.2, -0.15) is 0 Å². The van der Waals surface area contributed by atoms with Crippen LogP contribution in [0.3, 0.4) is 0 Å². The number of anilines is 1. The van der Waals surface area contributed by atoms with Crippen LogP contribution in [0.1, 0.15) is 33.1 Å². The molecule has 0 spiro atoms. The van der Waals surface area contributed by atoms with E-state index in [4.69, 9.17) is 0 Å². The number of pyridine rings is 1. The molecule has 2 atom stereocenters. The average molecular weight is 265 g/mol. The first kappa shape index (κ1) is 13.8. The van der Waals surface area contributed by atoms with Gasteiger partial charge in [0.05, 0.1) is 12.7 Å². The summed E-state index contributed by atoms with van der Waals surface area (Å²) in [6.45, 7) is 4.38. The second-order valence-electron chi connectivity index (χ2n) is 5.15. The van der Waals surface area contributed by atoms with Gasteiger partial charge in [-0.1, -0.05) is 0 Å². The maximum absolute atomic E-state index is 12.7. The van der Waals surface area contributed by atoms with Crippen LogP contribution >= 0.6 is 0 Å². The summed E-state index contributed by atoms with van der Waals surface area (Å²) in [6.07, 6.45) is 4.44. The normalized spacial score (nSPS) is 23.2. The minimum Gasteiger partial charge on any atom is -0.361 e. The Morgan fingerprint density at radius 2 is 2.11 bits per heavy atom. The number of nitrogens with one attached hydrogen (secondary N) is 1. The van der Waals surface area contributed by atoms with E-state index in [-0.39, 0.29) is 18.3 Å². The first-order valence-corrected chi connectivity index (χ1v) is 6.74. The zero-order valence-corrected chi connectivity index (χ0v) is 11.4. The maximum atomic E-state index is 12.7. The van der Waals surface area contributed by atoms with E-state index in [9.17, 15) is 9.18 Å². The maximum Gasteiger partial charge on any atom is 0.242 e. The second kappa shape index (κ2) is 5.99. The smallest absolute Gasteiger partial charge is 0.242 e. The van der Waals surface area contributed by atoms with E-state index in [0.29, 0.717) is 17.9 Å². The predicted molar refractivity (Wildman–Crippen MR) is 72.3 cm³/mol. The van der Waals surface area contributed by atoms with E-state index >= 15 is 0 Å². The van der Waals surface area contributed by atoms with Crippen LogP contribution in [-0.4, -0.2) is 34.4 Å². The van der Waals surface area contributed by atoms with Gasteiger partial charge < -0.3 is 10.2 Å². The van der Waals surface area contributed by atoms with Crippen molar-refractivity contribution in [3.05, 3.63) is 24.1 Å². The molecule has 1 aliphatic heterocycles. The van der Waals surface area contributed by atoms with Gasteiger partial charge in [-0.3, -0.25) is 4.79 Å². The number of nitrogens with zero attached hydrogens (tertiary/aromatic N) is 2. The summed E-state index contributed by atoms with van der Waals surface area (Å²) in [4.78, 5) is 18.0. The fraction of sp³-hybridized carbons (Fsp3) is 0.571. The molecular formula is C14H20FN3O. The van der Waals surface area contributed by atoms with Gasteiger partial charge in [0, 0.05) is 12.1 Å². The molecular weight excluding hydrogens is 245 g/mol. The van der Waals surface area contributed by atoms with Crippen molar-refractivity contribution in [2.75, 3.05) is 11.9 Å². The lowest BCUT2D eigenvalue weighted by molar-refractivity contribution is -0.135. The molecule has 1 N–H and O–H groups in total. The van der Waals surface area contributed by atoms with Crippen LogP contribution < -0.4 is 5.32 Å². The number of halogens is 1. The average Bonchev–Trinajstić information content (AvgIpc) is 2.38. The van der Waals surface area contributed by atoms with Gasteiger partial charge in [0.15, 0.2) is 0 Å². The van der Waals surface area contributed by atoms with Crippen molar-refractivity contribution in [1.82, 2.24) is 9.88 Å². The highest BCUT2D eigenvalue weighted by molar-refractivity contribution is 5.81. The Morgan fingerprint density at radius 1 is 1.42 bits per heavy atom. The molecule has 2 rings (SSSR count). The Labute approximate surface area is 113 Å². The van der Waals surface area contributed by atoms with Crippen molar-refractivity contribution >= 4 is 11.7 Å². The number of carbonyl (C=O) groups excluding carboxylic acids is 1. The van der Waals surface area contributed by atoms with E-state index in [2.05, 4.69) is 24.1 Å². The molecule has 5 heteroatoms. The number of piperidine rings is 1. The molecule has 0 radical (unpaired) electrons. The Hall–Kier alpha value is -1.65. The molecule has 1 fully saturated rings. The van der Waals surface area contributed by atoms with Gasteiger partial charge in [-0.05, 0) is 45.2 Å². The zero-order valence-electron chi connectivity index (χ0n) is 11.4. The minimum absolute atomic E-state index is 0.0748. The first-order valence-electron chi connectivity index (χ1n) is 6.74. The van der Waals surface area contributed by atoms with Crippen molar-refractivity contribution in [1.29, 1.82) is 0 Å². The number of hydrogen-bond acceptors (Lipinski definition) is 3. The molecule has 0 aromatic carbocycles. The molecule has 0 bridgehead atoms. The van der Waals surface area contributed by atoms with E-state index in [1.54, 1.807) is 0 Å². The number of likely N-dealkylation sites (tertiary alicyclic amines) is 1. The summed E-state index contributed by atoms with van der Waals surface area (Å²) in [6, 6.07) is 3.44. The molecule has 1 saturated heterocycles. The Balaban J connectivity index is 1.91. The van der Waals surface area contributed by atoms with Crippen LogP contribution in [-0.2, 0) is 4.79 Å². The first-order chi connectivity index (χ1) is 9.08. The number of hydrogen-bond donors (Lipinski definition) is 1. The molecule has 1 aromatic heterocycles. The van der Waals surface area contributed by atoms with Crippen LogP contribution in [0.15, 0.2) is 18.3 Å². The summed E-state index contributed by atoms with van der Waals surface area (Å²) in [5, 5.41) is 2.94. The van der Waals surface area contributed by atoms with Crippen LogP contribution in [0.5, 0.6) is 0 Å². The van der Waals surface area contributed by atoms with Gasteiger partial charge in [0.1, 0.15) is 11.6 Å². The van der Waals surface area contributed by atoms with Crippen molar-refractivity contribution < 1.29 is 9.18 Å². The Bertz CT molecular complexity index is 425. The van der Waals surface area contributed by atoms with Crippen molar-refractivity contribution in [2.24, 2.45) is 0 Å². The zero-order chi connectivity index (χ0) is 13.8. The van der Waals surface area contributed by atoms with E-state index in [1.807, 2.05) is 4.90 Å². The predicted octanol–water partition coefficient (Wildman–Crippen LogP) is 2.42. The van der Waals surface area contributed by atoms with Crippen molar-refractivity contribution in [3.63, 3.8) is 0 Å². The molecule has 19 heavy (non-hydrogen) atoms. The highest BCUT2D eigenvalue weighted by Gasteiger charge is 2.28. The van der Waals surface area contributed by atoms with Crippen molar-refractivity contribution in [3.8, 4) is 0 Å². The Kier molecular flexibility index (Phi) is 4.35. The third kappa shape index (κ3) is 3.43. The van der Waals surface area contributed by atoms with Crippen LogP contribution in [0.25, 0.3) is 0 Å². The lowest BCUT2D eigenvalue weighted by atomic mass is 9.97. The molecule has 1 amide bonds.